The van der Waals surface area contributed by atoms with E-state index in [-0.39, 0.29) is 31.5 Å². The fourth-order valence-electron chi connectivity index (χ4n) is 3.36. The molecule has 0 bridgehead atoms. The van der Waals surface area contributed by atoms with Crippen LogP contribution in [0.5, 0.6) is 0 Å². The zero-order chi connectivity index (χ0) is 23.7. The third-order valence-corrected chi connectivity index (χ3v) is 6.45. The molecule has 0 fully saturated rings. The Bertz CT molecular complexity index is 1130. The van der Waals surface area contributed by atoms with Gasteiger partial charge in [-0.1, -0.05) is 74.5 Å². The third-order valence-electron chi connectivity index (χ3n) is 4.97. The van der Waals surface area contributed by atoms with Gasteiger partial charge in [-0.3, -0.25) is 4.79 Å². The molecule has 0 radical (unpaired) electrons. The van der Waals surface area contributed by atoms with Crippen LogP contribution >= 0.6 is 0 Å². The molecule has 0 saturated heterocycles. The van der Waals surface area contributed by atoms with Crippen molar-refractivity contribution in [3.63, 3.8) is 0 Å². The van der Waals surface area contributed by atoms with Gasteiger partial charge in [0.1, 0.15) is 5.76 Å². The minimum absolute atomic E-state index is 0.0605. The second-order valence-electron chi connectivity index (χ2n) is 8.26. The molecule has 3 aromatic rings. The lowest BCUT2D eigenvalue weighted by atomic mass is 10.2. The van der Waals surface area contributed by atoms with Gasteiger partial charge in [-0.25, -0.2) is 8.42 Å². The number of carbonyl (C=O) groups is 1. The Morgan fingerprint density at radius 1 is 0.939 bits per heavy atom. The Hall–Kier alpha value is -3.16. The summed E-state index contributed by atoms with van der Waals surface area (Å²) in [5.74, 6) is 0.416. The number of amides is 1. The van der Waals surface area contributed by atoms with Crippen molar-refractivity contribution in [2.24, 2.45) is 5.92 Å². The molecule has 0 spiro atoms. The molecule has 1 heterocycles. The van der Waals surface area contributed by atoms with Crippen molar-refractivity contribution in [2.45, 2.75) is 26.9 Å². The van der Waals surface area contributed by atoms with Gasteiger partial charge in [-0.15, -0.1) is 0 Å². The maximum absolute atomic E-state index is 13.3. The van der Waals surface area contributed by atoms with Crippen LogP contribution in [0.15, 0.2) is 88.9 Å². The molecule has 33 heavy (non-hydrogen) atoms. The molecule has 0 aliphatic rings. The number of carbonyl (C=O) groups excluding carboxylic acids is 1. The van der Waals surface area contributed by atoms with Gasteiger partial charge in [0.05, 0.1) is 19.4 Å². The fraction of sp³-hybridized carbons (Fsp3) is 0.269. The van der Waals surface area contributed by atoms with Crippen LogP contribution in [-0.2, 0) is 27.9 Å². The fourth-order valence-corrected chi connectivity index (χ4v) is 4.66. The van der Waals surface area contributed by atoms with Crippen molar-refractivity contribution in [1.82, 2.24) is 9.21 Å². The first-order valence-corrected chi connectivity index (χ1v) is 12.4. The smallest absolute Gasteiger partial charge is 0.238 e. The number of benzene rings is 2. The molecule has 1 aromatic heterocycles. The van der Waals surface area contributed by atoms with Crippen molar-refractivity contribution in [2.75, 3.05) is 13.1 Å². The van der Waals surface area contributed by atoms with Crippen LogP contribution in [0.4, 0.5) is 0 Å². The molecule has 0 aliphatic heterocycles. The van der Waals surface area contributed by atoms with Gasteiger partial charge in [-0.2, -0.15) is 4.31 Å². The summed E-state index contributed by atoms with van der Waals surface area (Å²) >= 11 is 0. The summed E-state index contributed by atoms with van der Waals surface area (Å²) < 4.78 is 32.9. The number of sulfonamides is 1. The largest absolute Gasteiger partial charge is 0.467 e. The average Bonchev–Trinajstić information content (AvgIpc) is 3.31. The number of furan rings is 1. The predicted molar refractivity (Wildman–Crippen MR) is 130 cm³/mol. The Kier molecular flexibility index (Phi) is 8.63. The first-order chi connectivity index (χ1) is 15.8. The number of hydrogen-bond donors (Lipinski definition) is 0. The van der Waals surface area contributed by atoms with Gasteiger partial charge in [0, 0.05) is 18.5 Å². The number of hydrogen-bond acceptors (Lipinski definition) is 4. The van der Waals surface area contributed by atoms with Crippen molar-refractivity contribution >= 4 is 22.0 Å². The van der Waals surface area contributed by atoms with Gasteiger partial charge in [0.2, 0.25) is 15.9 Å². The molecular weight excluding hydrogens is 436 g/mol. The lowest BCUT2D eigenvalue weighted by Gasteiger charge is -2.27. The Morgan fingerprint density at radius 2 is 1.61 bits per heavy atom. The van der Waals surface area contributed by atoms with Crippen molar-refractivity contribution in [3.8, 4) is 0 Å². The topological polar surface area (TPSA) is 70.8 Å². The molecule has 2 aromatic carbocycles. The van der Waals surface area contributed by atoms with E-state index in [0.29, 0.717) is 12.3 Å². The van der Waals surface area contributed by atoms with Gasteiger partial charge < -0.3 is 9.32 Å². The van der Waals surface area contributed by atoms with E-state index < -0.39 is 10.0 Å². The van der Waals surface area contributed by atoms with Crippen molar-refractivity contribution in [1.29, 1.82) is 0 Å². The first-order valence-electron chi connectivity index (χ1n) is 10.9. The molecule has 1 amide bonds. The molecule has 174 valence electrons. The molecule has 0 aliphatic carbocycles. The SMILES string of the molecule is CC(C)CN(CC(=O)N(Cc1ccccc1)Cc1ccco1)S(=O)(=O)/C=C/c1ccccc1. The minimum atomic E-state index is -3.80. The monoisotopic (exact) mass is 466 g/mol. The molecular formula is C26H30N2O4S. The van der Waals surface area contributed by atoms with Crippen LogP contribution in [0.1, 0.15) is 30.7 Å². The summed E-state index contributed by atoms with van der Waals surface area (Å²) in [5, 5.41) is 1.17. The summed E-state index contributed by atoms with van der Waals surface area (Å²) in [6, 6.07) is 22.4. The van der Waals surface area contributed by atoms with Crippen LogP contribution in [0.25, 0.3) is 6.08 Å². The molecule has 0 saturated carbocycles. The number of nitrogens with zero attached hydrogens (tertiary/aromatic N) is 2. The van der Waals surface area contributed by atoms with E-state index >= 15 is 0 Å². The van der Waals surface area contributed by atoms with E-state index in [1.165, 1.54) is 9.71 Å². The summed E-state index contributed by atoms with van der Waals surface area (Å²) in [6.07, 6.45) is 3.11. The van der Waals surface area contributed by atoms with Crippen LogP contribution in [-0.4, -0.2) is 36.6 Å². The van der Waals surface area contributed by atoms with Gasteiger partial charge >= 0.3 is 0 Å². The standard InChI is InChI=1S/C26H30N2O4S/c1-22(2)18-28(33(30,31)17-15-23-10-5-3-6-11-23)21-26(29)27(20-25-14-9-16-32-25)19-24-12-7-4-8-13-24/h3-17,22H,18-21H2,1-2H3/b17-15+. The molecule has 6 nitrogen and oxygen atoms in total. The van der Waals surface area contributed by atoms with Crippen LogP contribution in [0, 0.1) is 5.92 Å². The quantitative estimate of drug-likeness (QED) is 0.408. The average molecular weight is 467 g/mol. The Labute approximate surface area is 196 Å². The lowest BCUT2D eigenvalue weighted by molar-refractivity contribution is -0.133. The van der Waals surface area contributed by atoms with Crippen LogP contribution < -0.4 is 0 Å². The van der Waals surface area contributed by atoms with Crippen molar-refractivity contribution in [3.05, 3.63) is 101 Å². The maximum Gasteiger partial charge on any atom is 0.238 e. The summed E-state index contributed by atoms with van der Waals surface area (Å²) in [6.45, 7) is 4.48. The van der Waals surface area contributed by atoms with E-state index in [2.05, 4.69) is 0 Å². The highest BCUT2D eigenvalue weighted by Crippen LogP contribution is 2.15. The Balaban J connectivity index is 1.81. The maximum atomic E-state index is 13.3. The molecule has 0 atom stereocenters. The molecule has 0 unspecified atom stereocenters. The van der Waals surface area contributed by atoms with E-state index in [1.807, 2.05) is 74.5 Å². The third kappa shape index (κ3) is 7.73. The molecule has 7 heteroatoms. The second kappa shape index (κ2) is 11.6. The second-order valence-corrected chi connectivity index (χ2v) is 10.1. The number of rotatable bonds is 11. The lowest BCUT2D eigenvalue weighted by Crippen LogP contribution is -2.43. The summed E-state index contributed by atoms with van der Waals surface area (Å²) in [7, 11) is -3.80. The van der Waals surface area contributed by atoms with Gasteiger partial charge in [-0.05, 0) is 35.3 Å². The summed E-state index contributed by atoms with van der Waals surface area (Å²) in [5.41, 5.74) is 1.74. The predicted octanol–water partition coefficient (Wildman–Crippen LogP) is 4.77. The van der Waals surface area contributed by atoms with Crippen LogP contribution in [0.3, 0.4) is 0 Å². The highest BCUT2D eigenvalue weighted by molar-refractivity contribution is 7.92. The first kappa shape index (κ1) is 24.5. The highest BCUT2D eigenvalue weighted by Gasteiger charge is 2.26. The van der Waals surface area contributed by atoms with E-state index in [9.17, 15) is 13.2 Å². The minimum Gasteiger partial charge on any atom is -0.467 e. The zero-order valence-corrected chi connectivity index (χ0v) is 19.8. The van der Waals surface area contributed by atoms with E-state index in [4.69, 9.17) is 4.42 Å². The summed E-state index contributed by atoms with van der Waals surface area (Å²) in [4.78, 5) is 15.0. The van der Waals surface area contributed by atoms with Gasteiger partial charge in [0.25, 0.3) is 0 Å². The van der Waals surface area contributed by atoms with Crippen LogP contribution in [0.2, 0.25) is 0 Å². The Morgan fingerprint density at radius 3 is 2.21 bits per heavy atom. The normalized spacial score (nSPS) is 12.0. The van der Waals surface area contributed by atoms with Crippen molar-refractivity contribution < 1.29 is 17.6 Å². The molecule has 0 N–H and O–H groups in total. The van der Waals surface area contributed by atoms with E-state index in [0.717, 1.165) is 11.1 Å². The van der Waals surface area contributed by atoms with E-state index in [1.54, 1.807) is 29.4 Å². The zero-order valence-electron chi connectivity index (χ0n) is 19.0. The highest BCUT2D eigenvalue weighted by atomic mass is 32.2. The molecule has 3 rings (SSSR count). The van der Waals surface area contributed by atoms with Gasteiger partial charge in [0.15, 0.2) is 0 Å².